The first kappa shape index (κ1) is 23.3. The summed E-state index contributed by atoms with van der Waals surface area (Å²) in [6.07, 6.45) is 4.16. The van der Waals surface area contributed by atoms with Gasteiger partial charge in [-0.1, -0.05) is 0 Å². The lowest BCUT2D eigenvalue weighted by Crippen LogP contribution is -2.41. The molecule has 1 aromatic rings. The van der Waals surface area contributed by atoms with Crippen LogP contribution in [0.25, 0.3) is 0 Å². The van der Waals surface area contributed by atoms with Crippen LogP contribution in [0, 0.1) is 6.92 Å². The van der Waals surface area contributed by atoms with Crippen molar-refractivity contribution in [1.29, 1.82) is 0 Å². The lowest BCUT2D eigenvalue weighted by Gasteiger charge is -2.31. The minimum atomic E-state index is -0.257. The van der Waals surface area contributed by atoms with Gasteiger partial charge in [-0.05, 0) is 45.7 Å². The molecule has 0 spiro atoms. The van der Waals surface area contributed by atoms with Gasteiger partial charge >= 0.3 is 5.97 Å². The van der Waals surface area contributed by atoms with Crippen molar-refractivity contribution in [3.8, 4) is 0 Å². The number of carbonyl (C=O) groups is 2. The Kier molecular flexibility index (Phi) is 9.33. The van der Waals surface area contributed by atoms with Gasteiger partial charge in [0.05, 0.1) is 36.9 Å². The van der Waals surface area contributed by atoms with Gasteiger partial charge in [0.25, 0.3) is 5.91 Å². The highest BCUT2D eigenvalue weighted by Gasteiger charge is 2.28. The van der Waals surface area contributed by atoms with Crippen molar-refractivity contribution < 1.29 is 19.1 Å². The summed E-state index contributed by atoms with van der Waals surface area (Å²) in [5.41, 5.74) is 0.856. The second-order valence-electron chi connectivity index (χ2n) is 7.18. The van der Waals surface area contributed by atoms with Crippen molar-refractivity contribution in [3.63, 3.8) is 0 Å². The molecule has 0 radical (unpaired) electrons. The number of hydrogen-bond acceptors (Lipinski definition) is 7. The number of likely N-dealkylation sites (tertiary alicyclic amines) is 1. The van der Waals surface area contributed by atoms with Gasteiger partial charge in [-0.3, -0.25) is 9.59 Å². The summed E-state index contributed by atoms with van der Waals surface area (Å²) < 4.78 is 10.4. The van der Waals surface area contributed by atoms with Crippen LogP contribution in [0.15, 0.2) is 0 Å². The third-order valence-corrected chi connectivity index (χ3v) is 6.62. The number of thiazole rings is 1. The molecule has 1 N–H and O–H groups in total. The van der Waals surface area contributed by atoms with E-state index in [1.165, 1.54) is 7.11 Å². The summed E-state index contributed by atoms with van der Waals surface area (Å²) in [4.78, 5) is 31.5. The number of hydrogen-bond donors (Lipinski definition) is 1. The smallest absolute Gasteiger partial charge is 0.307 e. The van der Waals surface area contributed by atoms with Crippen molar-refractivity contribution in [2.24, 2.45) is 0 Å². The number of aryl methyl sites for hydroxylation is 1. The topological polar surface area (TPSA) is 80.8 Å². The normalized spacial score (nSPS) is 18.6. The van der Waals surface area contributed by atoms with E-state index in [2.05, 4.69) is 10.1 Å². The summed E-state index contributed by atoms with van der Waals surface area (Å²) in [7, 11) is 1.38. The molecule has 1 aromatic heterocycles. The van der Waals surface area contributed by atoms with Crippen LogP contribution in [0.2, 0.25) is 0 Å². The highest BCUT2D eigenvalue weighted by Crippen LogP contribution is 2.32. The molecule has 2 aliphatic rings. The Bertz CT molecular complexity index is 656. The highest BCUT2D eigenvalue weighted by molar-refractivity contribution is 8.93. The van der Waals surface area contributed by atoms with Crippen LogP contribution in [0.5, 0.6) is 0 Å². The molecule has 0 unspecified atom stereocenters. The van der Waals surface area contributed by atoms with E-state index >= 15 is 0 Å². The summed E-state index contributed by atoms with van der Waals surface area (Å²) in [5, 5.41) is 4.48. The Morgan fingerprint density at radius 2 is 1.89 bits per heavy atom. The van der Waals surface area contributed by atoms with Gasteiger partial charge in [0.1, 0.15) is 4.88 Å². The molecule has 2 aliphatic heterocycles. The number of rotatable bonds is 6. The summed E-state index contributed by atoms with van der Waals surface area (Å²) in [6, 6.07) is 0. The fraction of sp³-hybridized carbons (Fsp3) is 0.737. The van der Waals surface area contributed by atoms with Gasteiger partial charge in [0.15, 0.2) is 0 Å². The van der Waals surface area contributed by atoms with Crippen molar-refractivity contribution in [1.82, 2.24) is 15.2 Å². The van der Waals surface area contributed by atoms with Gasteiger partial charge < -0.3 is 19.7 Å². The van der Waals surface area contributed by atoms with E-state index < -0.39 is 0 Å². The van der Waals surface area contributed by atoms with E-state index in [-0.39, 0.29) is 41.4 Å². The number of halogens is 1. The quantitative estimate of drug-likeness (QED) is 0.636. The molecule has 158 valence electrons. The molecule has 0 aliphatic carbocycles. The minimum Gasteiger partial charge on any atom is -0.469 e. The Hall–Kier alpha value is -1.03. The minimum absolute atomic E-state index is 0. The standard InChI is InChI=1S/C19H29N3O4S.BrH/c1-13-17(27-18(21-13)14-3-8-20-9-4-14)19(24)22-10-5-15(6-11-22)26-12-7-16(23)25-2;/h14-15,20H,3-12H2,1-2H3;1H. The molecule has 28 heavy (non-hydrogen) atoms. The third-order valence-electron chi connectivity index (χ3n) is 5.31. The highest BCUT2D eigenvalue weighted by atomic mass is 79.9. The molecular formula is C19H30BrN3O4S. The zero-order chi connectivity index (χ0) is 19.2. The van der Waals surface area contributed by atoms with E-state index in [9.17, 15) is 9.59 Å². The first-order valence-electron chi connectivity index (χ1n) is 9.74. The Morgan fingerprint density at radius 1 is 1.21 bits per heavy atom. The van der Waals surface area contributed by atoms with Crippen LogP contribution in [0.4, 0.5) is 0 Å². The van der Waals surface area contributed by atoms with Crippen LogP contribution in [-0.2, 0) is 14.3 Å². The average molecular weight is 476 g/mol. The second-order valence-corrected chi connectivity index (χ2v) is 8.21. The van der Waals surface area contributed by atoms with E-state index in [4.69, 9.17) is 9.72 Å². The van der Waals surface area contributed by atoms with E-state index in [0.29, 0.717) is 25.6 Å². The number of piperidine rings is 2. The first-order chi connectivity index (χ1) is 13.1. The maximum atomic E-state index is 12.9. The maximum Gasteiger partial charge on any atom is 0.307 e. The van der Waals surface area contributed by atoms with Crippen molar-refractivity contribution in [2.45, 2.75) is 51.0 Å². The average Bonchev–Trinajstić information content (AvgIpc) is 3.10. The molecule has 3 rings (SSSR count). The summed E-state index contributed by atoms with van der Waals surface area (Å²) in [5.74, 6) is 0.316. The largest absolute Gasteiger partial charge is 0.469 e. The number of ether oxygens (including phenoxy) is 2. The van der Waals surface area contributed by atoms with E-state index in [0.717, 1.165) is 54.4 Å². The van der Waals surface area contributed by atoms with Crippen LogP contribution < -0.4 is 5.32 Å². The maximum absolute atomic E-state index is 12.9. The molecule has 3 heterocycles. The van der Waals surface area contributed by atoms with Crippen LogP contribution in [-0.4, -0.2) is 67.8 Å². The first-order valence-corrected chi connectivity index (χ1v) is 10.6. The number of esters is 1. The molecule has 0 bridgehead atoms. The molecule has 0 aromatic carbocycles. The summed E-state index contributed by atoms with van der Waals surface area (Å²) in [6.45, 7) is 5.73. The van der Waals surface area contributed by atoms with Crippen molar-refractivity contribution in [2.75, 3.05) is 39.9 Å². The van der Waals surface area contributed by atoms with E-state index in [1.807, 2.05) is 11.8 Å². The van der Waals surface area contributed by atoms with Crippen LogP contribution in [0.1, 0.15) is 58.4 Å². The van der Waals surface area contributed by atoms with Gasteiger partial charge in [0.2, 0.25) is 0 Å². The monoisotopic (exact) mass is 475 g/mol. The Labute approximate surface area is 180 Å². The Morgan fingerprint density at radius 3 is 2.54 bits per heavy atom. The lowest BCUT2D eigenvalue weighted by atomic mass is 9.99. The SMILES string of the molecule is Br.COC(=O)CCOC1CCN(C(=O)c2sc(C3CCNCC3)nc2C)CC1. The number of nitrogens with one attached hydrogen (secondary N) is 1. The fourth-order valence-corrected chi connectivity index (χ4v) is 4.84. The van der Waals surface area contributed by atoms with Gasteiger partial charge in [-0.2, -0.15) is 0 Å². The molecule has 0 saturated carbocycles. The third kappa shape index (κ3) is 5.98. The second kappa shape index (κ2) is 11.2. The molecule has 7 nitrogen and oxygen atoms in total. The van der Waals surface area contributed by atoms with E-state index in [1.54, 1.807) is 11.3 Å². The molecule has 2 saturated heterocycles. The number of amides is 1. The number of aromatic nitrogens is 1. The molecule has 9 heteroatoms. The predicted molar refractivity (Wildman–Crippen MR) is 114 cm³/mol. The van der Waals surface area contributed by atoms with Crippen LogP contribution >= 0.6 is 28.3 Å². The molecule has 0 atom stereocenters. The molecule has 1 amide bonds. The zero-order valence-electron chi connectivity index (χ0n) is 16.6. The number of nitrogens with zero attached hydrogens (tertiary/aromatic N) is 2. The lowest BCUT2D eigenvalue weighted by molar-refractivity contribution is -0.142. The van der Waals surface area contributed by atoms with Gasteiger partial charge in [-0.15, -0.1) is 28.3 Å². The Balaban J connectivity index is 0.00000280. The predicted octanol–water partition coefficient (Wildman–Crippen LogP) is 2.68. The fourth-order valence-electron chi connectivity index (χ4n) is 3.64. The van der Waals surface area contributed by atoms with Crippen molar-refractivity contribution in [3.05, 3.63) is 15.6 Å². The van der Waals surface area contributed by atoms with Crippen molar-refractivity contribution >= 4 is 40.2 Å². The van der Waals surface area contributed by atoms with Gasteiger partial charge in [0, 0.05) is 19.0 Å². The molecular weight excluding hydrogens is 446 g/mol. The summed E-state index contributed by atoms with van der Waals surface area (Å²) >= 11 is 1.58. The number of methoxy groups -OCH3 is 1. The number of carbonyl (C=O) groups excluding carboxylic acids is 2. The molecule has 2 fully saturated rings. The zero-order valence-corrected chi connectivity index (χ0v) is 19.1. The van der Waals surface area contributed by atoms with Crippen LogP contribution in [0.3, 0.4) is 0 Å². The van der Waals surface area contributed by atoms with Gasteiger partial charge in [-0.25, -0.2) is 4.98 Å².